The molecular formula is C26H37Cl2N3O2. The van der Waals surface area contributed by atoms with Crippen LogP contribution in [0.15, 0.2) is 48.5 Å². The maximum absolute atomic E-state index is 11.1. The summed E-state index contributed by atoms with van der Waals surface area (Å²) >= 11 is 0. The molecule has 1 aliphatic heterocycles. The van der Waals surface area contributed by atoms with Crippen LogP contribution in [0.25, 0.3) is 0 Å². The number of aliphatic hydroxyl groups is 1. The molecule has 0 saturated carbocycles. The largest absolute Gasteiger partial charge is 0.491 e. The van der Waals surface area contributed by atoms with E-state index < -0.39 is 5.60 Å². The first-order valence-electron chi connectivity index (χ1n) is 11.3. The van der Waals surface area contributed by atoms with Crippen LogP contribution in [0, 0.1) is 11.3 Å². The van der Waals surface area contributed by atoms with Crippen LogP contribution in [0.5, 0.6) is 5.75 Å². The van der Waals surface area contributed by atoms with Crippen LogP contribution in [0.4, 0.5) is 5.69 Å². The molecule has 0 amide bonds. The van der Waals surface area contributed by atoms with Gasteiger partial charge in [0.1, 0.15) is 5.75 Å². The zero-order chi connectivity index (χ0) is 22.3. The fourth-order valence-corrected chi connectivity index (χ4v) is 4.03. The Kier molecular flexibility index (Phi) is 12.0. The van der Waals surface area contributed by atoms with Crippen molar-refractivity contribution >= 4 is 30.5 Å². The Bertz CT molecular complexity index is 859. The van der Waals surface area contributed by atoms with Gasteiger partial charge < -0.3 is 19.6 Å². The first kappa shape index (κ1) is 29.1. The highest BCUT2D eigenvalue weighted by Crippen LogP contribution is 2.27. The maximum atomic E-state index is 11.1. The molecule has 7 heteroatoms. The van der Waals surface area contributed by atoms with Gasteiger partial charge in [-0.2, -0.15) is 5.26 Å². The molecule has 33 heavy (non-hydrogen) atoms. The standard InChI is InChI=1S/C26H35N3O2.2ClH/c1-21(2)31-25-10-8-24(9-11-25)28(3)17-13-26(30)14-18-29(19-15-26)16-12-22-4-6-23(20-27)7-5-22;;/h4-11,21,30H,12-19H2,1-3H3;2*1H. The topological polar surface area (TPSA) is 59.7 Å². The van der Waals surface area contributed by atoms with Crippen molar-refractivity contribution in [3.63, 3.8) is 0 Å². The van der Waals surface area contributed by atoms with Gasteiger partial charge in [0.2, 0.25) is 0 Å². The highest BCUT2D eigenvalue weighted by molar-refractivity contribution is 5.85. The zero-order valence-corrected chi connectivity index (χ0v) is 21.5. The maximum Gasteiger partial charge on any atom is 0.119 e. The van der Waals surface area contributed by atoms with Crippen LogP contribution in [0.3, 0.4) is 0 Å². The van der Waals surface area contributed by atoms with Crippen molar-refractivity contribution in [2.75, 3.05) is 38.1 Å². The minimum atomic E-state index is -0.583. The Morgan fingerprint density at radius 3 is 2.21 bits per heavy atom. The number of hydrogen-bond acceptors (Lipinski definition) is 5. The molecule has 0 radical (unpaired) electrons. The Morgan fingerprint density at radius 1 is 1.06 bits per heavy atom. The molecule has 0 aromatic heterocycles. The summed E-state index contributed by atoms with van der Waals surface area (Å²) in [7, 11) is 2.08. The van der Waals surface area contributed by atoms with E-state index in [-0.39, 0.29) is 30.9 Å². The van der Waals surface area contributed by atoms with E-state index in [1.165, 1.54) is 5.56 Å². The van der Waals surface area contributed by atoms with Crippen molar-refractivity contribution in [2.24, 2.45) is 0 Å². The van der Waals surface area contributed by atoms with Crippen molar-refractivity contribution in [2.45, 2.75) is 51.2 Å². The van der Waals surface area contributed by atoms with Crippen molar-refractivity contribution in [3.05, 3.63) is 59.7 Å². The normalized spacial score (nSPS) is 15.2. The number of likely N-dealkylation sites (tertiary alicyclic amines) is 1. The summed E-state index contributed by atoms with van der Waals surface area (Å²) in [5.74, 6) is 0.888. The molecule has 1 saturated heterocycles. The van der Waals surface area contributed by atoms with Gasteiger partial charge in [0.25, 0.3) is 0 Å². The molecule has 2 aromatic carbocycles. The fourth-order valence-electron chi connectivity index (χ4n) is 4.03. The highest BCUT2D eigenvalue weighted by atomic mass is 35.5. The second-order valence-electron chi connectivity index (χ2n) is 8.96. The third kappa shape index (κ3) is 9.06. The number of nitriles is 1. The third-order valence-electron chi connectivity index (χ3n) is 6.15. The average molecular weight is 495 g/mol. The summed E-state index contributed by atoms with van der Waals surface area (Å²) in [6.07, 6.45) is 3.55. The fraction of sp³-hybridized carbons (Fsp3) is 0.500. The van der Waals surface area contributed by atoms with Crippen molar-refractivity contribution < 1.29 is 9.84 Å². The van der Waals surface area contributed by atoms with E-state index in [1.807, 2.05) is 50.2 Å². The molecule has 0 atom stereocenters. The van der Waals surface area contributed by atoms with Crippen LogP contribution < -0.4 is 9.64 Å². The molecule has 0 aliphatic carbocycles. The number of piperidine rings is 1. The van der Waals surface area contributed by atoms with E-state index in [2.05, 4.69) is 35.0 Å². The Hall–Kier alpha value is -1.97. The second-order valence-corrected chi connectivity index (χ2v) is 8.96. The summed E-state index contributed by atoms with van der Waals surface area (Å²) in [5.41, 5.74) is 2.52. The van der Waals surface area contributed by atoms with Gasteiger partial charge in [-0.3, -0.25) is 0 Å². The molecule has 3 rings (SSSR count). The molecule has 5 nitrogen and oxygen atoms in total. The van der Waals surface area contributed by atoms with Crippen molar-refractivity contribution in [1.82, 2.24) is 4.90 Å². The second kappa shape index (κ2) is 13.7. The van der Waals surface area contributed by atoms with Gasteiger partial charge in [-0.25, -0.2) is 0 Å². The minimum Gasteiger partial charge on any atom is -0.491 e. The summed E-state index contributed by atoms with van der Waals surface area (Å²) < 4.78 is 5.71. The zero-order valence-electron chi connectivity index (χ0n) is 19.9. The number of rotatable bonds is 9. The van der Waals surface area contributed by atoms with E-state index in [9.17, 15) is 5.11 Å². The lowest BCUT2D eigenvalue weighted by Gasteiger charge is -2.39. The SMILES string of the molecule is CC(C)Oc1ccc(N(C)CCC2(O)CCN(CCc3ccc(C#N)cc3)CC2)cc1.Cl.Cl. The molecule has 0 bridgehead atoms. The first-order valence-corrected chi connectivity index (χ1v) is 11.3. The monoisotopic (exact) mass is 493 g/mol. The number of ether oxygens (including phenoxy) is 1. The summed E-state index contributed by atoms with van der Waals surface area (Å²) in [6.45, 7) is 7.73. The highest BCUT2D eigenvalue weighted by Gasteiger charge is 2.32. The van der Waals surface area contributed by atoms with Gasteiger partial charge in [0, 0.05) is 38.9 Å². The molecule has 1 N–H and O–H groups in total. The Balaban J connectivity index is 0.00000272. The predicted molar refractivity (Wildman–Crippen MR) is 140 cm³/mol. The number of nitrogens with zero attached hydrogens (tertiary/aromatic N) is 3. The Morgan fingerprint density at radius 2 is 1.67 bits per heavy atom. The summed E-state index contributed by atoms with van der Waals surface area (Å²) in [4.78, 5) is 4.64. The van der Waals surface area contributed by atoms with E-state index in [4.69, 9.17) is 10.00 Å². The molecule has 1 heterocycles. The third-order valence-corrected chi connectivity index (χ3v) is 6.15. The number of anilines is 1. The van der Waals surface area contributed by atoms with E-state index in [0.717, 1.165) is 63.3 Å². The van der Waals surface area contributed by atoms with Crippen molar-refractivity contribution in [1.29, 1.82) is 5.26 Å². The number of hydrogen-bond donors (Lipinski definition) is 1. The summed E-state index contributed by atoms with van der Waals surface area (Å²) in [6, 6.07) is 18.2. The molecule has 0 spiro atoms. The van der Waals surface area contributed by atoms with E-state index in [0.29, 0.717) is 5.56 Å². The lowest BCUT2D eigenvalue weighted by Crippen LogP contribution is -2.46. The minimum absolute atomic E-state index is 0. The van der Waals surface area contributed by atoms with Crippen LogP contribution in [0.2, 0.25) is 0 Å². The predicted octanol–water partition coefficient (Wildman–Crippen LogP) is 5.08. The number of benzene rings is 2. The van der Waals surface area contributed by atoms with Gasteiger partial charge in [-0.05, 0) is 81.5 Å². The first-order chi connectivity index (χ1) is 14.9. The van der Waals surface area contributed by atoms with Gasteiger partial charge >= 0.3 is 0 Å². The van der Waals surface area contributed by atoms with Crippen LogP contribution in [0.1, 0.15) is 44.2 Å². The van der Waals surface area contributed by atoms with Crippen LogP contribution >= 0.6 is 24.8 Å². The van der Waals surface area contributed by atoms with Gasteiger partial charge in [-0.15, -0.1) is 24.8 Å². The molecule has 1 aliphatic rings. The number of halogens is 2. The molecule has 182 valence electrons. The van der Waals surface area contributed by atoms with Gasteiger partial charge in [-0.1, -0.05) is 12.1 Å². The Labute approximate surface area is 211 Å². The quantitative estimate of drug-likeness (QED) is 0.527. The summed E-state index contributed by atoms with van der Waals surface area (Å²) in [5, 5.41) is 20.0. The van der Waals surface area contributed by atoms with Gasteiger partial charge in [0.15, 0.2) is 0 Å². The van der Waals surface area contributed by atoms with Crippen LogP contribution in [-0.4, -0.2) is 54.9 Å². The molecule has 1 fully saturated rings. The molecule has 2 aromatic rings. The lowest BCUT2D eigenvalue weighted by atomic mass is 9.88. The van der Waals surface area contributed by atoms with Crippen molar-refractivity contribution in [3.8, 4) is 11.8 Å². The smallest absolute Gasteiger partial charge is 0.119 e. The van der Waals surface area contributed by atoms with Crippen LogP contribution in [-0.2, 0) is 6.42 Å². The molecular weight excluding hydrogens is 457 g/mol. The lowest BCUT2D eigenvalue weighted by molar-refractivity contribution is -0.0254. The van der Waals surface area contributed by atoms with Gasteiger partial charge in [0.05, 0.1) is 23.3 Å². The average Bonchev–Trinajstić information content (AvgIpc) is 2.78. The van der Waals surface area contributed by atoms with E-state index >= 15 is 0 Å². The molecule has 0 unspecified atom stereocenters. The van der Waals surface area contributed by atoms with E-state index in [1.54, 1.807) is 0 Å².